The van der Waals surface area contributed by atoms with Crippen molar-refractivity contribution in [2.45, 2.75) is 19.9 Å². The summed E-state index contributed by atoms with van der Waals surface area (Å²) >= 11 is 0.992. The van der Waals surface area contributed by atoms with E-state index in [2.05, 4.69) is 4.99 Å². The van der Waals surface area contributed by atoms with E-state index in [4.69, 9.17) is 9.15 Å². The molecule has 0 amide bonds. The predicted molar refractivity (Wildman–Crippen MR) is 120 cm³/mol. The summed E-state index contributed by atoms with van der Waals surface area (Å²) in [5.41, 5.74) is 0.0628. The standard InChI is InChI=1S/C21H16N4O8S/c1-3-32-20(27)17-11(2)23-19(26)15(10-14-7-8-16(33-14)25(30)31)34-21(23)22-18(17)12-5-4-6-13(9-12)24(28)29/h4-10,18H,3H2,1-2H3/b15-10+/t18-/m1/s1. The molecule has 3 heterocycles. The van der Waals surface area contributed by atoms with Crippen LogP contribution in [0.25, 0.3) is 11.8 Å². The third kappa shape index (κ3) is 4.03. The number of nitro benzene ring substituents is 1. The van der Waals surface area contributed by atoms with Gasteiger partial charge >= 0.3 is 11.9 Å². The minimum atomic E-state index is -0.936. The van der Waals surface area contributed by atoms with Crippen LogP contribution in [-0.2, 0) is 9.53 Å². The quantitative estimate of drug-likeness (QED) is 0.293. The van der Waals surface area contributed by atoms with Crippen molar-refractivity contribution >= 4 is 40.7 Å². The zero-order chi connectivity index (χ0) is 24.6. The Hall–Kier alpha value is -4.39. The van der Waals surface area contributed by atoms with E-state index in [0.717, 1.165) is 11.3 Å². The topological polar surface area (TPSA) is 160 Å². The van der Waals surface area contributed by atoms with Gasteiger partial charge in [0.15, 0.2) is 4.80 Å². The monoisotopic (exact) mass is 484 g/mol. The van der Waals surface area contributed by atoms with E-state index in [1.54, 1.807) is 19.9 Å². The maximum Gasteiger partial charge on any atom is 0.433 e. The molecule has 1 aliphatic rings. The zero-order valence-electron chi connectivity index (χ0n) is 17.8. The highest BCUT2D eigenvalue weighted by molar-refractivity contribution is 7.07. The first kappa shape index (κ1) is 22.8. The van der Waals surface area contributed by atoms with Crippen LogP contribution in [0, 0.1) is 20.2 Å². The van der Waals surface area contributed by atoms with Crippen LogP contribution in [0.1, 0.15) is 31.2 Å². The number of non-ortho nitro benzene ring substituents is 1. The Labute approximate surface area is 194 Å². The molecule has 0 spiro atoms. The molecule has 13 heteroatoms. The third-order valence-corrected chi connectivity index (χ3v) is 5.99. The first-order valence-corrected chi connectivity index (χ1v) is 10.7. The lowest BCUT2D eigenvalue weighted by Gasteiger charge is -2.22. The first-order chi connectivity index (χ1) is 16.2. The third-order valence-electron chi connectivity index (χ3n) is 5.00. The molecule has 0 aliphatic carbocycles. The second kappa shape index (κ2) is 8.86. The Morgan fingerprint density at radius 1 is 1.26 bits per heavy atom. The number of fused-ring (bicyclic) bond motifs is 1. The molecule has 2 aromatic heterocycles. The summed E-state index contributed by atoms with van der Waals surface area (Å²) in [6, 6.07) is 7.32. The van der Waals surface area contributed by atoms with Crippen LogP contribution in [0.2, 0.25) is 0 Å². The van der Waals surface area contributed by atoms with Crippen LogP contribution in [0.3, 0.4) is 0 Å². The van der Waals surface area contributed by atoms with Crippen molar-refractivity contribution in [2.24, 2.45) is 4.99 Å². The second-order valence-electron chi connectivity index (χ2n) is 7.07. The van der Waals surface area contributed by atoms with Gasteiger partial charge < -0.3 is 9.15 Å². The lowest BCUT2D eigenvalue weighted by atomic mass is 9.96. The lowest BCUT2D eigenvalue weighted by molar-refractivity contribution is -0.402. The Morgan fingerprint density at radius 2 is 2.03 bits per heavy atom. The highest BCUT2D eigenvalue weighted by atomic mass is 32.1. The Balaban J connectivity index is 1.93. The number of furan rings is 1. The summed E-state index contributed by atoms with van der Waals surface area (Å²) in [5.74, 6) is -1.06. The van der Waals surface area contributed by atoms with Crippen molar-refractivity contribution in [3.05, 3.63) is 93.2 Å². The fourth-order valence-electron chi connectivity index (χ4n) is 3.51. The van der Waals surface area contributed by atoms with E-state index in [1.165, 1.54) is 41.0 Å². The minimum absolute atomic E-state index is 0.0786. The van der Waals surface area contributed by atoms with Crippen molar-refractivity contribution < 1.29 is 23.8 Å². The maximum absolute atomic E-state index is 13.1. The molecule has 174 valence electrons. The SMILES string of the molecule is CCOC(=O)C1=C(C)n2c(s/c(=C/c3ccc([N+](=O)[O-])o3)c2=O)=N[C@@H]1c1cccc([N+](=O)[O-])c1. The number of aromatic nitrogens is 1. The second-order valence-corrected chi connectivity index (χ2v) is 8.08. The van der Waals surface area contributed by atoms with Gasteiger partial charge in [-0.15, -0.1) is 0 Å². The van der Waals surface area contributed by atoms with Crippen LogP contribution < -0.4 is 14.9 Å². The van der Waals surface area contributed by atoms with Crippen LogP contribution >= 0.6 is 11.3 Å². The van der Waals surface area contributed by atoms with Crippen LogP contribution in [-0.4, -0.2) is 27.0 Å². The molecule has 12 nitrogen and oxygen atoms in total. The van der Waals surface area contributed by atoms with Crippen molar-refractivity contribution in [3.63, 3.8) is 0 Å². The molecule has 0 unspecified atom stereocenters. The van der Waals surface area contributed by atoms with E-state index >= 15 is 0 Å². The van der Waals surface area contributed by atoms with Crippen molar-refractivity contribution in [2.75, 3.05) is 6.61 Å². The van der Waals surface area contributed by atoms with E-state index in [0.29, 0.717) is 5.56 Å². The minimum Gasteiger partial charge on any atom is -0.463 e. The molecule has 4 rings (SSSR count). The van der Waals surface area contributed by atoms with E-state index in [1.807, 2.05) is 0 Å². The number of allylic oxidation sites excluding steroid dienone is 1. The number of carbonyl (C=O) groups is 1. The number of nitrogens with zero attached hydrogens (tertiary/aromatic N) is 4. The molecular formula is C21H16N4O8S. The van der Waals surface area contributed by atoms with Gasteiger partial charge in [0.25, 0.3) is 11.2 Å². The van der Waals surface area contributed by atoms with Gasteiger partial charge in [-0.3, -0.25) is 29.6 Å². The summed E-state index contributed by atoms with van der Waals surface area (Å²) in [5, 5.41) is 22.1. The molecule has 0 bridgehead atoms. The van der Waals surface area contributed by atoms with E-state index < -0.39 is 33.3 Å². The van der Waals surface area contributed by atoms with E-state index in [-0.39, 0.29) is 38.7 Å². The van der Waals surface area contributed by atoms with Crippen LogP contribution in [0.15, 0.2) is 56.2 Å². The van der Waals surface area contributed by atoms with Gasteiger partial charge in [0.05, 0.1) is 23.2 Å². The Kier molecular flexibility index (Phi) is 5.94. The van der Waals surface area contributed by atoms with Crippen molar-refractivity contribution in [3.8, 4) is 0 Å². The number of benzene rings is 1. The molecule has 1 aromatic carbocycles. The molecule has 0 saturated heterocycles. The van der Waals surface area contributed by atoms with Gasteiger partial charge in [0.2, 0.25) is 0 Å². The largest absolute Gasteiger partial charge is 0.463 e. The molecule has 34 heavy (non-hydrogen) atoms. The predicted octanol–water partition coefficient (Wildman–Crippen LogP) is 2.32. The summed E-state index contributed by atoms with van der Waals surface area (Å²) in [6.07, 6.45) is 1.35. The smallest absolute Gasteiger partial charge is 0.433 e. The molecule has 0 fully saturated rings. The zero-order valence-corrected chi connectivity index (χ0v) is 18.6. The van der Waals surface area contributed by atoms with Gasteiger partial charge in [-0.1, -0.05) is 23.5 Å². The molecule has 0 N–H and O–H groups in total. The fourth-order valence-corrected chi connectivity index (χ4v) is 4.53. The number of hydrogen-bond acceptors (Lipinski definition) is 10. The van der Waals surface area contributed by atoms with Gasteiger partial charge in [0, 0.05) is 23.9 Å². The molecule has 1 aliphatic heterocycles. The number of ether oxygens (including phenoxy) is 1. The van der Waals surface area contributed by atoms with Gasteiger partial charge in [-0.25, -0.2) is 9.79 Å². The van der Waals surface area contributed by atoms with Gasteiger partial charge in [-0.2, -0.15) is 0 Å². The first-order valence-electron chi connectivity index (χ1n) is 9.89. The fraction of sp³-hybridized carbons (Fsp3) is 0.190. The Bertz CT molecular complexity index is 1540. The van der Waals surface area contributed by atoms with E-state index in [9.17, 15) is 29.8 Å². The number of thiazole rings is 1. The average Bonchev–Trinajstić information content (AvgIpc) is 3.39. The van der Waals surface area contributed by atoms with Gasteiger partial charge in [-0.05, 0) is 25.5 Å². The molecule has 0 saturated carbocycles. The maximum atomic E-state index is 13.1. The van der Waals surface area contributed by atoms with Crippen molar-refractivity contribution in [1.29, 1.82) is 0 Å². The number of hydrogen-bond donors (Lipinski definition) is 0. The molecule has 0 radical (unpaired) electrons. The number of carbonyl (C=O) groups excluding carboxylic acids is 1. The van der Waals surface area contributed by atoms with Crippen LogP contribution in [0.5, 0.6) is 0 Å². The Morgan fingerprint density at radius 3 is 2.68 bits per heavy atom. The summed E-state index contributed by atoms with van der Waals surface area (Å²) in [6.45, 7) is 3.28. The summed E-state index contributed by atoms with van der Waals surface area (Å²) in [7, 11) is 0. The number of esters is 1. The summed E-state index contributed by atoms with van der Waals surface area (Å²) in [4.78, 5) is 51.6. The van der Waals surface area contributed by atoms with Gasteiger partial charge in [0.1, 0.15) is 21.3 Å². The molecular weight excluding hydrogens is 468 g/mol. The summed E-state index contributed by atoms with van der Waals surface area (Å²) < 4.78 is 11.7. The highest BCUT2D eigenvalue weighted by Crippen LogP contribution is 2.33. The number of nitro groups is 2. The van der Waals surface area contributed by atoms with Crippen molar-refractivity contribution in [1.82, 2.24) is 4.57 Å². The lowest BCUT2D eigenvalue weighted by Crippen LogP contribution is -2.35. The normalized spacial score (nSPS) is 15.6. The average molecular weight is 484 g/mol. The highest BCUT2D eigenvalue weighted by Gasteiger charge is 2.32. The van der Waals surface area contributed by atoms with Crippen LogP contribution in [0.4, 0.5) is 11.6 Å². The molecule has 1 atom stereocenters. The number of rotatable bonds is 6. The molecule has 3 aromatic rings.